The van der Waals surface area contributed by atoms with Crippen LogP contribution in [0.2, 0.25) is 0 Å². The van der Waals surface area contributed by atoms with Gasteiger partial charge in [-0.1, -0.05) is 0 Å². The predicted octanol–water partition coefficient (Wildman–Crippen LogP) is 0.305. The van der Waals surface area contributed by atoms with E-state index in [4.69, 9.17) is 14.6 Å². The summed E-state index contributed by atoms with van der Waals surface area (Å²) in [4.78, 5) is 18.8. The molecule has 94 valence electrons. The van der Waals surface area contributed by atoms with Gasteiger partial charge < -0.3 is 19.9 Å². The second kappa shape index (κ2) is 6.00. The highest BCUT2D eigenvalue weighted by Gasteiger charge is 2.19. The molecule has 0 bridgehead atoms. The molecule has 17 heavy (non-hydrogen) atoms. The molecule has 0 aliphatic rings. The van der Waals surface area contributed by atoms with Crippen molar-refractivity contribution in [1.82, 2.24) is 9.97 Å². The van der Waals surface area contributed by atoms with Crippen LogP contribution in [0.15, 0.2) is 6.33 Å². The SMILES string of the molecule is COCC(Nc1ncnc(OC)c1C)C(=O)O. The van der Waals surface area contributed by atoms with Crippen LogP contribution in [0.3, 0.4) is 0 Å². The Labute approximate surface area is 98.8 Å². The van der Waals surface area contributed by atoms with Gasteiger partial charge in [-0.25, -0.2) is 14.8 Å². The third-order valence-corrected chi connectivity index (χ3v) is 2.17. The van der Waals surface area contributed by atoms with E-state index < -0.39 is 12.0 Å². The number of nitrogens with zero attached hydrogens (tertiary/aromatic N) is 2. The van der Waals surface area contributed by atoms with Gasteiger partial charge in [-0.05, 0) is 6.92 Å². The lowest BCUT2D eigenvalue weighted by atomic mass is 10.2. The first-order chi connectivity index (χ1) is 8.10. The van der Waals surface area contributed by atoms with E-state index >= 15 is 0 Å². The zero-order valence-electron chi connectivity index (χ0n) is 9.93. The van der Waals surface area contributed by atoms with Gasteiger partial charge in [0.1, 0.15) is 18.2 Å². The molecule has 0 amide bonds. The molecule has 1 rings (SSSR count). The first-order valence-corrected chi connectivity index (χ1v) is 4.94. The number of rotatable bonds is 6. The van der Waals surface area contributed by atoms with E-state index in [2.05, 4.69) is 15.3 Å². The van der Waals surface area contributed by atoms with E-state index in [1.54, 1.807) is 6.92 Å². The molecule has 1 aromatic rings. The standard InChI is InChI=1S/C10H15N3O4/c1-6-8(11-5-12-9(6)17-3)13-7(4-16-2)10(14)15/h5,7H,4H2,1-3H3,(H,14,15)(H,11,12,13). The summed E-state index contributed by atoms with van der Waals surface area (Å²) in [5.74, 6) is -0.186. The van der Waals surface area contributed by atoms with Crippen LogP contribution < -0.4 is 10.1 Å². The monoisotopic (exact) mass is 241 g/mol. The Morgan fingerprint density at radius 3 is 2.76 bits per heavy atom. The van der Waals surface area contributed by atoms with Gasteiger partial charge in [0.15, 0.2) is 0 Å². The molecular weight excluding hydrogens is 226 g/mol. The quantitative estimate of drug-likeness (QED) is 0.740. The van der Waals surface area contributed by atoms with Crippen molar-refractivity contribution in [3.63, 3.8) is 0 Å². The first kappa shape index (κ1) is 13.2. The third kappa shape index (κ3) is 3.28. The Bertz CT molecular complexity index is 397. The van der Waals surface area contributed by atoms with E-state index in [0.29, 0.717) is 17.3 Å². The maximum absolute atomic E-state index is 10.9. The molecule has 7 nitrogen and oxygen atoms in total. The van der Waals surface area contributed by atoms with Crippen molar-refractivity contribution in [3.8, 4) is 5.88 Å². The molecule has 0 fully saturated rings. The minimum atomic E-state index is -1.01. The Morgan fingerprint density at radius 2 is 2.24 bits per heavy atom. The molecule has 1 heterocycles. The second-order valence-electron chi connectivity index (χ2n) is 3.35. The van der Waals surface area contributed by atoms with E-state index in [1.165, 1.54) is 20.5 Å². The molecule has 0 saturated carbocycles. The number of carboxylic acid groups (broad SMARTS) is 1. The number of methoxy groups -OCH3 is 2. The molecular formula is C10H15N3O4. The lowest BCUT2D eigenvalue weighted by Gasteiger charge is -2.16. The molecule has 0 aliphatic carbocycles. The second-order valence-corrected chi connectivity index (χ2v) is 3.35. The number of carboxylic acids is 1. The zero-order chi connectivity index (χ0) is 12.8. The number of hydrogen-bond acceptors (Lipinski definition) is 6. The van der Waals surface area contributed by atoms with Crippen molar-refractivity contribution in [2.75, 3.05) is 26.1 Å². The molecule has 0 spiro atoms. The molecule has 0 aliphatic heterocycles. The van der Waals surface area contributed by atoms with Gasteiger partial charge in [0.2, 0.25) is 5.88 Å². The van der Waals surface area contributed by atoms with Crippen LogP contribution in [0, 0.1) is 6.92 Å². The molecule has 1 aromatic heterocycles. The minimum absolute atomic E-state index is 0.0427. The molecule has 2 N–H and O–H groups in total. The highest BCUT2D eigenvalue weighted by atomic mass is 16.5. The molecule has 0 radical (unpaired) electrons. The first-order valence-electron chi connectivity index (χ1n) is 4.94. The smallest absolute Gasteiger partial charge is 0.328 e. The predicted molar refractivity (Wildman–Crippen MR) is 60.2 cm³/mol. The summed E-state index contributed by atoms with van der Waals surface area (Å²) in [6.07, 6.45) is 1.31. The van der Waals surface area contributed by atoms with Gasteiger partial charge in [0, 0.05) is 7.11 Å². The summed E-state index contributed by atoms with van der Waals surface area (Å²) in [5, 5.41) is 11.7. The van der Waals surface area contributed by atoms with Crippen LogP contribution in [-0.4, -0.2) is 47.9 Å². The molecule has 0 aromatic carbocycles. The topological polar surface area (TPSA) is 93.6 Å². The molecule has 0 saturated heterocycles. The number of anilines is 1. The van der Waals surface area contributed by atoms with Gasteiger partial charge in [-0.3, -0.25) is 0 Å². The van der Waals surface area contributed by atoms with Crippen LogP contribution in [0.4, 0.5) is 5.82 Å². The summed E-state index contributed by atoms with van der Waals surface area (Å²) >= 11 is 0. The van der Waals surface area contributed by atoms with Gasteiger partial charge in [0.05, 0.1) is 19.3 Å². The fourth-order valence-electron chi connectivity index (χ4n) is 1.29. The highest BCUT2D eigenvalue weighted by molar-refractivity contribution is 5.77. The lowest BCUT2D eigenvalue weighted by Crippen LogP contribution is -2.34. The number of carbonyl (C=O) groups is 1. The fourth-order valence-corrected chi connectivity index (χ4v) is 1.29. The number of aromatic nitrogens is 2. The van der Waals surface area contributed by atoms with Crippen LogP contribution in [0.25, 0.3) is 0 Å². The largest absolute Gasteiger partial charge is 0.481 e. The number of ether oxygens (including phenoxy) is 2. The lowest BCUT2D eigenvalue weighted by molar-refractivity contribution is -0.139. The number of nitrogens with one attached hydrogen (secondary N) is 1. The van der Waals surface area contributed by atoms with Crippen molar-refractivity contribution >= 4 is 11.8 Å². The van der Waals surface area contributed by atoms with Crippen LogP contribution in [-0.2, 0) is 9.53 Å². The summed E-state index contributed by atoms with van der Waals surface area (Å²) < 4.78 is 9.83. The minimum Gasteiger partial charge on any atom is -0.481 e. The van der Waals surface area contributed by atoms with Gasteiger partial charge in [-0.15, -0.1) is 0 Å². The zero-order valence-corrected chi connectivity index (χ0v) is 9.93. The molecule has 1 unspecified atom stereocenters. The fraction of sp³-hybridized carbons (Fsp3) is 0.500. The summed E-state index contributed by atoms with van der Waals surface area (Å²) in [5.41, 5.74) is 0.650. The van der Waals surface area contributed by atoms with Gasteiger partial charge >= 0.3 is 5.97 Å². The average molecular weight is 241 g/mol. The van der Waals surface area contributed by atoms with Crippen molar-refractivity contribution in [1.29, 1.82) is 0 Å². The van der Waals surface area contributed by atoms with Crippen molar-refractivity contribution in [2.24, 2.45) is 0 Å². The van der Waals surface area contributed by atoms with E-state index in [0.717, 1.165) is 0 Å². The van der Waals surface area contributed by atoms with E-state index in [-0.39, 0.29) is 6.61 Å². The average Bonchev–Trinajstić information content (AvgIpc) is 2.30. The van der Waals surface area contributed by atoms with Crippen LogP contribution in [0.5, 0.6) is 5.88 Å². The van der Waals surface area contributed by atoms with Crippen molar-refractivity contribution < 1.29 is 19.4 Å². The van der Waals surface area contributed by atoms with Gasteiger partial charge in [0.25, 0.3) is 0 Å². The normalized spacial score (nSPS) is 11.9. The summed E-state index contributed by atoms with van der Waals surface area (Å²) in [7, 11) is 2.92. The number of aliphatic carboxylic acids is 1. The molecule has 7 heteroatoms. The Hall–Kier alpha value is -1.89. The Balaban J connectivity index is 2.89. The Morgan fingerprint density at radius 1 is 1.53 bits per heavy atom. The van der Waals surface area contributed by atoms with Crippen LogP contribution in [0.1, 0.15) is 5.56 Å². The maximum atomic E-state index is 10.9. The number of hydrogen-bond donors (Lipinski definition) is 2. The maximum Gasteiger partial charge on any atom is 0.328 e. The van der Waals surface area contributed by atoms with E-state index in [9.17, 15) is 4.79 Å². The third-order valence-electron chi connectivity index (χ3n) is 2.17. The highest BCUT2D eigenvalue weighted by Crippen LogP contribution is 2.20. The van der Waals surface area contributed by atoms with Crippen molar-refractivity contribution in [3.05, 3.63) is 11.9 Å². The van der Waals surface area contributed by atoms with Gasteiger partial charge in [-0.2, -0.15) is 0 Å². The Kier molecular flexibility index (Phi) is 4.65. The summed E-state index contributed by atoms with van der Waals surface area (Å²) in [6, 6.07) is -0.863. The molecule has 1 atom stereocenters. The van der Waals surface area contributed by atoms with Crippen LogP contribution >= 0.6 is 0 Å². The summed E-state index contributed by atoms with van der Waals surface area (Å²) in [6.45, 7) is 1.79. The van der Waals surface area contributed by atoms with Crippen molar-refractivity contribution in [2.45, 2.75) is 13.0 Å². The van der Waals surface area contributed by atoms with E-state index in [1.807, 2.05) is 0 Å².